The molecule has 4 nitrogen and oxygen atoms in total. The Morgan fingerprint density at radius 2 is 2.00 bits per heavy atom. The van der Waals surface area contributed by atoms with Crippen LogP contribution in [0.15, 0.2) is 43.0 Å². The Kier molecular flexibility index (Phi) is 5.79. The van der Waals surface area contributed by atoms with Crippen LogP contribution in [0.25, 0.3) is 0 Å². The number of hydrogen-bond donors (Lipinski definition) is 1. The summed E-state index contributed by atoms with van der Waals surface area (Å²) in [7, 11) is 0. The Morgan fingerprint density at radius 1 is 1.37 bits per heavy atom. The summed E-state index contributed by atoms with van der Waals surface area (Å²) in [5.41, 5.74) is 1.07. The summed E-state index contributed by atoms with van der Waals surface area (Å²) in [6.45, 7) is 5.18. The Hall–Kier alpha value is -2.10. The predicted molar refractivity (Wildman–Crippen MR) is 73.8 cm³/mol. The normalized spacial score (nSPS) is 11.6. The minimum absolute atomic E-state index is 0.250. The second-order valence-electron chi connectivity index (χ2n) is 4.34. The van der Waals surface area contributed by atoms with Gasteiger partial charge in [0.1, 0.15) is 6.04 Å². The van der Waals surface area contributed by atoms with E-state index in [1.807, 2.05) is 30.3 Å². The molecule has 1 aromatic rings. The van der Waals surface area contributed by atoms with Gasteiger partial charge in [-0.05, 0) is 18.4 Å². The molecule has 0 aliphatic rings. The van der Waals surface area contributed by atoms with Crippen molar-refractivity contribution < 1.29 is 14.7 Å². The molecule has 0 aliphatic carbocycles. The maximum atomic E-state index is 11.5. The van der Waals surface area contributed by atoms with E-state index in [1.54, 1.807) is 6.08 Å². The van der Waals surface area contributed by atoms with Crippen molar-refractivity contribution in [3.05, 3.63) is 48.6 Å². The van der Waals surface area contributed by atoms with Crippen molar-refractivity contribution in [2.24, 2.45) is 0 Å². The van der Waals surface area contributed by atoms with Gasteiger partial charge >= 0.3 is 5.97 Å². The van der Waals surface area contributed by atoms with Crippen LogP contribution in [0, 0.1) is 0 Å². The lowest BCUT2D eigenvalue weighted by molar-refractivity contribution is -0.149. The van der Waals surface area contributed by atoms with Crippen molar-refractivity contribution in [2.75, 3.05) is 6.54 Å². The standard InChI is InChI=1S/C15H19NO3/c1-3-11-16(12(2)17)14(15(18)19)10-9-13-7-5-4-6-8-13/h3-8,14H,1,9-11H2,2H3,(H,18,19). The van der Waals surface area contributed by atoms with Gasteiger partial charge in [0, 0.05) is 13.5 Å². The van der Waals surface area contributed by atoms with Crippen molar-refractivity contribution in [1.82, 2.24) is 4.90 Å². The van der Waals surface area contributed by atoms with E-state index in [9.17, 15) is 14.7 Å². The van der Waals surface area contributed by atoms with Gasteiger partial charge in [0.25, 0.3) is 0 Å². The van der Waals surface area contributed by atoms with Gasteiger partial charge < -0.3 is 10.0 Å². The highest BCUT2D eigenvalue weighted by molar-refractivity contribution is 5.82. The first kappa shape index (κ1) is 15.0. The van der Waals surface area contributed by atoms with Crippen LogP contribution in [-0.4, -0.2) is 34.5 Å². The van der Waals surface area contributed by atoms with Crippen LogP contribution in [-0.2, 0) is 16.0 Å². The SMILES string of the molecule is C=CCN(C(C)=O)C(CCc1ccccc1)C(=O)O. The minimum Gasteiger partial charge on any atom is -0.480 e. The largest absolute Gasteiger partial charge is 0.480 e. The molecule has 0 aromatic heterocycles. The van der Waals surface area contributed by atoms with Gasteiger partial charge in [-0.3, -0.25) is 4.79 Å². The van der Waals surface area contributed by atoms with Crippen LogP contribution < -0.4 is 0 Å². The molecule has 1 N–H and O–H groups in total. The first-order chi connectivity index (χ1) is 9.06. The van der Waals surface area contributed by atoms with E-state index in [4.69, 9.17) is 0 Å². The van der Waals surface area contributed by atoms with E-state index in [2.05, 4.69) is 6.58 Å². The van der Waals surface area contributed by atoms with Gasteiger partial charge in [0.15, 0.2) is 0 Å². The summed E-state index contributed by atoms with van der Waals surface area (Å²) in [6.07, 6.45) is 2.56. The predicted octanol–water partition coefficient (Wildman–Crippen LogP) is 2.11. The number of amides is 1. The average Bonchev–Trinajstić information content (AvgIpc) is 2.38. The maximum Gasteiger partial charge on any atom is 0.326 e. The molecular formula is C15H19NO3. The summed E-state index contributed by atoms with van der Waals surface area (Å²) in [4.78, 5) is 24.2. The third-order valence-electron chi connectivity index (χ3n) is 2.94. The summed E-state index contributed by atoms with van der Waals surface area (Å²) in [6, 6.07) is 8.83. The molecule has 1 aromatic carbocycles. The molecule has 102 valence electrons. The van der Waals surface area contributed by atoms with Crippen LogP contribution >= 0.6 is 0 Å². The van der Waals surface area contributed by atoms with E-state index in [1.165, 1.54) is 11.8 Å². The molecule has 0 spiro atoms. The first-order valence-corrected chi connectivity index (χ1v) is 6.21. The van der Waals surface area contributed by atoms with Crippen molar-refractivity contribution >= 4 is 11.9 Å². The van der Waals surface area contributed by atoms with Gasteiger partial charge in [0.05, 0.1) is 0 Å². The molecule has 0 heterocycles. The fourth-order valence-electron chi connectivity index (χ4n) is 1.98. The van der Waals surface area contributed by atoms with E-state index in [-0.39, 0.29) is 12.5 Å². The lowest BCUT2D eigenvalue weighted by Gasteiger charge is -2.26. The molecule has 1 atom stereocenters. The molecule has 0 saturated heterocycles. The zero-order valence-electron chi connectivity index (χ0n) is 11.1. The first-order valence-electron chi connectivity index (χ1n) is 6.21. The zero-order valence-corrected chi connectivity index (χ0v) is 11.1. The highest BCUT2D eigenvalue weighted by Gasteiger charge is 2.26. The van der Waals surface area contributed by atoms with Gasteiger partial charge in [-0.2, -0.15) is 0 Å². The van der Waals surface area contributed by atoms with Crippen molar-refractivity contribution in [3.8, 4) is 0 Å². The monoisotopic (exact) mass is 261 g/mol. The Balaban J connectivity index is 2.74. The van der Waals surface area contributed by atoms with E-state index in [0.29, 0.717) is 12.8 Å². The summed E-state index contributed by atoms with van der Waals surface area (Å²) >= 11 is 0. The Morgan fingerprint density at radius 3 is 2.47 bits per heavy atom. The van der Waals surface area contributed by atoms with E-state index >= 15 is 0 Å². The highest BCUT2D eigenvalue weighted by Crippen LogP contribution is 2.11. The van der Waals surface area contributed by atoms with Crippen molar-refractivity contribution in [1.29, 1.82) is 0 Å². The van der Waals surface area contributed by atoms with Gasteiger partial charge in [0.2, 0.25) is 5.91 Å². The lowest BCUT2D eigenvalue weighted by Crippen LogP contribution is -2.44. The lowest BCUT2D eigenvalue weighted by atomic mass is 10.0. The van der Waals surface area contributed by atoms with Gasteiger partial charge in [-0.25, -0.2) is 4.79 Å². The summed E-state index contributed by atoms with van der Waals surface area (Å²) in [5, 5.41) is 9.27. The van der Waals surface area contributed by atoms with Crippen molar-refractivity contribution in [3.63, 3.8) is 0 Å². The number of hydrogen-bond acceptors (Lipinski definition) is 2. The van der Waals surface area contributed by atoms with E-state index < -0.39 is 12.0 Å². The molecular weight excluding hydrogens is 242 g/mol. The van der Waals surface area contributed by atoms with E-state index in [0.717, 1.165) is 5.56 Å². The molecule has 4 heteroatoms. The molecule has 0 bridgehead atoms. The number of nitrogens with zero attached hydrogens (tertiary/aromatic N) is 1. The molecule has 1 amide bonds. The maximum absolute atomic E-state index is 11.5. The van der Waals surface area contributed by atoms with Crippen LogP contribution in [0.1, 0.15) is 18.9 Å². The van der Waals surface area contributed by atoms with Crippen molar-refractivity contribution in [2.45, 2.75) is 25.8 Å². The second-order valence-corrected chi connectivity index (χ2v) is 4.34. The second kappa shape index (κ2) is 7.36. The van der Waals surface area contributed by atoms with Crippen LogP contribution in [0.2, 0.25) is 0 Å². The van der Waals surface area contributed by atoms with Gasteiger partial charge in [-0.15, -0.1) is 6.58 Å². The number of benzene rings is 1. The fraction of sp³-hybridized carbons (Fsp3) is 0.333. The topological polar surface area (TPSA) is 57.6 Å². The molecule has 0 fully saturated rings. The Bertz CT molecular complexity index is 442. The van der Waals surface area contributed by atoms with Crippen LogP contribution in [0.4, 0.5) is 0 Å². The van der Waals surface area contributed by atoms with Crippen LogP contribution in [0.5, 0.6) is 0 Å². The summed E-state index contributed by atoms with van der Waals surface area (Å²) < 4.78 is 0. The highest BCUT2D eigenvalue weighted by atomic mass is 16.4. The molecule has 0 aliphatic heterocycles. The number of carbonyl (C=O) groups is 2. The number of carbonyl (C=O) groups excluding carboxylic acids is 1. The fourth-order valence-corrected chi connectivity index (χ4v) is 1.98. The Labute approximate surface area is 113 Å². The van der Waals surface area contributed by atoms with Gasteiger partial charge in [-0.1, -0.05) is 36.4 Å². The quantitative estimate of drug-likeness (QED) is 0.765. The average molecular weight is 261 g/mol. The third kappa shape index (κ3) is 4.58. The number of aryl methyl sites for hydroxylation is 1. The molecule has 1 rings (SSSR count). The molecule has 1 unspecified atom stereocenters. The molecule has 0 radical (unpaired) electrons. The zero-order chi connectivity index (χ0) is 14.3. The number of carboxylic acids is 1. The number of carboxylic acid groups (broad SMARTS) is 1. The minimum atomic E-state index is -0.979. The third-order valence-corrected chi connectivity index (χ3v) is 2.94. The molecule has 0 saturated carbocycles. The smallest absolute Gasteiger partial charge is 0.326 e. The summed E-state index contributed by atoms with van der Waals surface area (Å²) in [5.74, 6) is -1.23. The number of aliphatic carboxylic acids is 1. The molecule has 19 heavy (non-hydrogen) atoms. The van der Waals surface area contributed by atoms with Crippen LogP contribution in [0.3, 0.4) is 0 Å². The number of rotatable bonds is 7.